The Kier molecular flexibility index (Phi) is 4.73. The number of nitrogens with zero attached hydrogens (tertiary/aromatic N) is 1. The highest BCUT2D eigenvalue weighted by molar-refractivity contribution is 7.89. The number of hydrogen-bond donors (Lipinski definition) is 1. The first-order chi connectivity index (χ1) is 11.2. The molecule has 0 amide bonds. The summed E-state index contributed by atoms with van der Waals surface area (Å²) in [5, 5.41) is 0. The van der Waals surface area contributed by atoms with Crippen molar-refractivity contribution in [1.29, 1.82) is 0 Å². The van der Waals surface area contributed by atoms with Crippen LogP contribution in [0.1, 0.15) is 12.8 Å². The molecule has 9 heteroatoms. The number of nitrogens with one attached hydrogen (secondary N) is 1. The van der Waals surface area contributed by atoms with Crippen molar-refractivity contribution < 1.29 is 21.6 Å². The second-order valence-corrected chi connectivity index (χ2v) is 10.4. The number of benzene rings is 1. The zero-order chi connectivity index (χ0) is 17.4. The van der Waals surface area contributed by atoms with Crippen LogP contribution in [-0.2, 0) is 24.8 Å². The highest BCUT2D eigenvalue weighted by Gasteiger charge is 2.51. The molecule has 1 atom stereocenters. The highest BCUT2D eigenvalue weighted by atomic mass is 32.2. The largest absolute Gasteiger partial charge is 0.372 e. The molecule has 2 aliphatic rings. The van der Waals surface area contributed by atoms with E-state index in [2.05, 4.69) is 4.72 Å². The molecule has 2 aliphatic heterocycles. The molecule has 1 aromatic rings. The van der Waals surface area contributed by atoms with E-state index >= 15 is 0 Å². The third-order valence-electron chi connectivity index (χ3n) is 4.58. The van der Waals surface area contributed by atoms with Gasteiger partial charge in [0, 0.05) is 19.6 Å². The maximum atomic E-state index is 12.5. The zero-order valence-electron chi connectivity index (χ0n) is 13.5. The molecule has 2 heterocycles. The van der Waals surface area contributed by atoms with E-state index in [-0.39, 0.29) is 5.92 Å². The third kappa shape index (κ3) is 3.80. The van der Waals surface area contributed by atoms with Crippen molar-refractivity contribution in [1.82, 2.24) is 9.03 Å². The lowest BCUT2D eigenvalue weighted by Crippen LogP contribution is -2.66. The van der Waals surface area contributed by atoms with Gasteiger partial charge in [-0.2, -0.15) is 4.31 Å². The van der Waals surface area contributed by atoms with Gasteiger partial charge >= 0.3 is 0 Å². The van der Waals surface area contributed by atoms with Crippen LogP contribution in [0.3, 0.4) is 0 Å². The van der Waals surface area contributed by atoms with Crippen LogP contribution < -0.4 is 4.72 Å². The molecule has 1 aromatic carbocycles. The molecular formula is C15H22N2O5S2. The molecule has 134 valence electrons. The molecule has 2 saturated heterocycles. The van der Waals surface area contributed by atoms with Crippen LogP contribution in [0.4, 0.5) is 0 Å². The first-order valence-electron chi connectivity index (χ1n) is 7.84. The van der Waals surface area contributed by atoms with Crippen LogP contribution in [0.15, 0.2) is 35.2 Å². The van der Waals surface area contributed by atoms with E-state index in [1.807, 2.05) is 0 Å². The van der Waals surface area contributed by atoms with E-state index in [4.69, 9.17) is 4.74 Å². The summed E-state index contributed by atoms with van der Waals surface area (Å²) in [6, 6.07) is 8.38. The topological polar surface area (TPSA) is 92.8 Å². The monoisotopic (exact) mass is 374 g/mol. The van der Waals surface area contributed by atoms with Crippen LogP contribution in [-0.4, -0.2) is 59.2 Å². The second-order valence-electron chi connectivity index (χ2n) is 6.61. The van der Waals surface area contributed by atoms with Crippen LogP contribution in [0.5, 0.6) is 0 Å². The summed E-state index contributed by atoms with van der Waals surface area (Å²) in [6.07, 6.45) is 2.70. The van der Waals surface area contributed by atoms with Crippen molar-refractivity contribution in [3.8, 4) is 0 Å². The molecule has 0 radical (unpaired) electrons. The summed E-state index contributed by atoms with van der Waals surface area (Å²) in [7, 11) is -6.65. The van der Waals surface area contributed by atoms with Crippen LogP contribution >= 0.6 is 0 Å². The summed E-state index contributed by atoms with van der Waals surface area (Å²) < 4.78 is 57.1. The summed E-state index contributed by atoms with van der Waals surface area (Å²) in [6.45, 7) is 1.52. The van der Waals surface area contributed by atoms with E-state index in [0.29, 0.717) is 31.1 Å². The molecular weight excluding hydrogens is 352 g/mol. The van der Waals surface area contributed by atoms with Gasteiger partial charge in [0.25, 0.3) is 0 Å². The van der Waals surface area contributed by atoms with Crippen molar-refractivity contribution in [2.24, 2.45) is 5.92 Å². The molecule has 1 N–H and O–H groups in total. The van der Waals surface area contributed by atoms with Gasteiger partial charge in [0.15, 0.2) is 0 Å². The predicted molar refractivity (Wildman–Crippen MR) is 89.5 cm³/mol. The summed E-state index contributed by atoms with van der Waals surface area (Å²) in [5.41, 5.74) is -0.413. The fourth-order valence-corrected chi connectivity index (χ4v) is 5.25. The van der Waals surface area contributed by atoms with Gasteiger partial charge in [0.1, 0.15) is 0 Å². The Morgan fingerprint density at radius 2 is 1.88 bits per heavy atom. The Morgan fingerprint density at radius 1 is 1.21 bits per heavy atom. The van der Waals surface area contributed by atoms with Crippen molar-refractivity contribution in [3.05, 3.63) is 30.3 Å². The van der Waals surface area contributed by atoms with E-state index in [1.54, 1.807) is 30.3 Å². The van der Waals surface area contributed by atoms with Gasteiger partial charge in [0.05, 0.1) is 23.4 Å². The molecule has 3 rings (SSSR count). The van der Waals surface area contributed by atoms with E-state index in [1.165, 1.54) is 4.31 Å². The SMILES string of the molecule is CS(=O)(=O)NC[C@H]1CCC2(CN(S(=O)(=O)c3ccccc3)C2)OC1. The standard InChI is InChI=1S/C15H22N2O5S2/c1-23(18,19)16-9-13-7-8-15(22-10-13)11-17(12-15)24(20,21)14-5-3-2-4-6-14/h2-6,13,16H,7-12H2,1H3/t13-/m1/s1. The van der Waals surface area contributed by atoms with Crippen LogP contribution in [0.2, 0.25) is 0 Å². The molecule has 2 fully saturated rings. The smallest absolute Gasteiger partial charge is 0.243 e. The normalized spacial score (nSPS) is 24.6. The molecule has 0 bridgehead atoms. The third-order valence-corrected chi connectivity index (χ3v) is 7.07. The molecule has 1 spiro atoms. The Balaban J connectivity index is 1.54. The Bertz CT molecular complexity index is 776. The molecule has 0 unspecified atom stereocenters. The summed E-state index contributed by atoms with van der Waals surface area (Å²) in [5.74, 6) is 0.130. The first kappa shape index (κ1) is 17.8. The minimum atomic E-state index is -3.46. The fraction of sp³-hybridized carbons (Fsp3) is 0.600. The van der Waals surface area contributed by atoms with Crippen molar-refractivity contribution in [2.45, 2.75) is 23.3 Å². The number of ether oxygens (including phenoxy) is 1. The summed E-state index contributed by atoms with van der Waals surface area (Å²) >= 11 is 0. The first-order valence-corrected chi connectivity index (χ1v) is 11.2. The summed E-state index contributed by atoms with van der Waals surface area (Å²) in [4.78, 5) is 0.297. The lowest BCUT2D eigenvalue weighted by Gasteiger charge is -2.51. The van der Waals surface area contributed by atoms with Crippen molar-refractivity contribution in [3.63, 3.8) is 0 Å². The molecule has 0 saturated carbocycles. The van der Waals surface area contributed by atoms with Gasteiger partial charge in [-0.1, -0.05) is 18.2 Å². The van der Waals surface area contributed by atoms with E-state index in [0.717, 1.165) is 19.1 Å². The van der Waals surface area contributed by atoms with Gasteiger partial charge in [-0.15, -0.1) is 0 Å². The number of rotatable bonds is 5. The Labute approximate surface area is 143 Å². The van der Waals surface area contributed by atoms with Gasteiger partial charge in [-0.3, -0.25) is 0 Å². The maximum Gasteiger partial charge on any atom is 0.243 e. The van der Waals surface area contributed by atoms with Crippen molar-refractivity contribution >= 4 is 20.0 Å². The van der Waals surface area contributed by atoms with Gasteiger partial charge in [-0.25, -0.2) is 21.6 Å². The quantitative estimate of drug-likeness (QED) is 0.806. The molecule has 7 nitrogen and oxygen atoms in total. The number of hydrogen-bond acceptors (Lipinski definition) is 5. The minimum absolute atomic E-state index is 0.130. The Morgan fingerprint density at radius 3 is 2.42 bits per heavy atom. The van der Waals surface area contributed by atoms with Crippen LogP contribution in [0.25, 0.3) is 0 Å². The fourth-order valence-electron chi connectivity index (χ4n) is 3.10. The zero-order valence-corrected chi connectivity index (χ0v) is 15.1. The van der Waals surface area contributed by atoms with Crippen molar-refractivity contribution in [2.75, 3.05) is 32.5 Å². The molecule has 0 aromatic heterocycles. The van der Waals surface area contributed by atoms with Crippen LogP contribution in [0, 0.1) is 5.92 Å². The second kappa shape index (κ2) is 6.38. The average molecular weight is 374 g/mol. The number of sulfonamides is 2. The predicted octanol–water partition coefficient (Wildman–Crippen LogP) is 0.406. The molecule has 24 heavy (non-hydrogen) atoms. The van der Waals surface area contributed by atoms with Gasteiger partial charge < -0.3 is 4.74 Å². The van der Waals surface area contributed by atoms with E-state index < -0.39 is 25.6 Å². The molecule has 0 aliphatic carbocycles. The van der Waals surface area contributed by atoms with Gasteiger partial charge in [0.2, 0.25) is 20.0 Å². The van der Waals surface area contributed by atoms with E-state index in [9.17, 15) is 16.8 Å². The van der Waals surface area contributed by atoms with Gasteiger partial charge in [-0.05, 0) is 30.9 Å². The Hall–Kier alpha value is -1.00. The highest BCUT2D eigenvalue weighted by Crippen LogP contribution is 2.38. The lowest BCUT2D eigenvalue weighted by atomic mass is 9.84. The maximum absolute atomic E-state index is 12.5. The minimum Gasteiger partial charge on any atom is -0.372 e. The lowest BCUT2D eigenvalue weighted by molar-refractivity contribution is -0.156. The average Bonchev–Trinajstić information content (AvgIpc) is 2.51.